The van der Waals surface area contributed by atoms with Crippen molar-refractivity contribution in [2.45, 2.75) is 40.0 Å². The third kappa shape index (κ3) is 4.08. The Balaban J connectivity index is 2.01. The molecule has 0 aliphatic rings. The normalized spacial score (nSPS) is 11.4. The van der Waals surface area contributed by atoms with Crippen LogP contribution in [0.3, 0.4) is 0 Å². The number of anilines is 2. The fourth-order valence-electron chi connectivity index (χ4n) is 2.34. The second-order valence-corrected chi connectivity index (χ2v) is 8.18. The largest absolute Gasteiger partial charge is 0.325 e. The van der Waals surface area contributed by atoms with Gasteiger partial charge in [0.25, 0.3) is 5.56 Å². The molecule has 142 valence electrons. The van der Waals surface area contributed by atoms with Crippen molar-refractivity contribution in [3.8, 4) is 5.95 Å². The van der Waals surface area contributed by atoms with Crippen LogP contribution in [-0.2, 0) is 5.41 Å². The number of H-pyrrole nitrogens is 1. The van der Waals surface area contributed by atoms with Gasteiger partial charge < -0.3 is 0 Å². The molecule has 0 fully saturated rings. The average molecular weight is 386 g/mol. The van der Waals surface area contributed by atoms with Crippen molar-refractivity contribution in [1.82, 2.24) is 19.7 Å². The fourth-order valence-corrected chi connectivity index (χ4v) is 2.95. The van der Waals surface area contributed by atoms with Crippen molar-refractivity contribution in [3.63, 3.8) is 0 Å². The van der Waals surface area contributed by atoms with E-state index in [0.717, 1.165) is 10.7 Å². The molecule has 27 heavy (non-hydrogen) atoms. The number of rotatable bonds is 3. The van der Waals surface area contributed by atoms with Crippen molar-refractivity contribution in [1.29, 1.82) is 0 Å². The van der Waals surface area contributed by atoms with Crippen LogP contribution in [0.25, 0.3) is 5.95 Å². The molecule has 3 N–H and O–H groups in total. The molecule has 2 amide bonds. The summed E-state index contributed by atoms with van der Waals surface area (Å²) in [6.07, 6.45) is 0. The minimum Gasteiger partial charge on any atom is -0.299 e. The fraction of sp³-hybridized carbons (Fsp3) is 0.333. The van der Waals surface area contributed by atoms with Crippen molar-refractivity contribution in [2.75, 3.05) is 10.6 Å². The lowest BCUT2D eigenvalue weighted by atomic mass is 9.92. The number of carbonyl (C=O) groups excluding carboxylic acids is 1. The van der Waals surface area contributed by atoms with E-state index in [1.165, 1.54) is 16.0 Å². The monoisotopic (exact) mass is 386 g/mol. The summed E-state index contributed by atoms with van der Waals surface area (Å²) < 4.78 is 1.45. The summed E-state index contributed by atoms with van der Waals surface area (Å²) in [6.45, 7) is 9.53. The standard InChI is InChI=1S/C18H22N6O2S/c1-10-11(2)19-16(22-15(10)25)24-13(9-12(23-24)18(3,4)5)20-17(26)21-14-7-6-8-27-14/h6-9H,1-5H3,(H,19,22,25)(H2,20,21,26). The molecular formula is C18H22N6O2S. The summed E-state index contributed by atoms with van der Waals surface area (Å²) in [5.41, 5.74) is 1.43. The minimum atomic E-state index is -0.398. The number of hydrogen-bond donors (Lipinski definition) is 3. The number of aryl methyl sites for hydroxylation is 1. The first-order valence-corrected chi connectivity index (χ1v) is 9.33. The molecule has 0 bridgehead atoms. The predicted molar refractivity (Wildman–Crippen MR) is 107 cm³/mol. The lowest BCUT2D eigenvalue weighted by molar-refractivity contribution is 0.262. The quantitative estimate of drug-likeness (QED) is 0.640. The van der Waals surface area contributed by atoms with E-state index in [-0.39, 0.29) is 16.9 Å². The molecule has 3 heterocycles. The Morgan fingerprint density at radius 2 is 2.00 bits per heavy atom. The molecule has 0 atom stereocenters. The number of aromatic amines is 1. The average Bonchev–Trinajstić information content (AvgIpc) is 3.21. The number of amides is 2. The molecule has 0 unspecified atom stereocenters. The van der Waals surface area contributed by atoms with E-state index < -0.39 is 6.03 Å². The van der Waals surface area contributed by atoms with Crippen LogP contribution < -0.4 is 16.2 Å². The number of urea groups is 1. The van der Waals surface area contributed by atoms with Gasteiger partial charge >= 0.3 is 6.03 Å². The maximum atomic E-state index is 12.4. The minimum absolute atomic E-state index is 0.237. The first kappa shape index (κ1) is 18.8. The van der Waals surface area contributed by atoms with Gasteiger partial charge in [0.1, 0.15) is 5.82 Å². The van der Waals surface area contributed by atoms with Crippen LogP contribution in [0.5, 0.6) is 0 Å². The summed E-state index contributed by atoms with van der Waals surface area (Å²) in [7, 11) is 0. The number of aromatic nitrogens is 4. The molecule has 0 spiro atoms. The van der Waals surface area contributed by atoms with E-state index in [9.17, 15) is 9.59 Å². The van der Waals surface area contributed by atoms with E-state index in [1.54, 1.807) is 19.9 Å². The van der Waals surface area contributed by atoms with E-state index in [0.29, 0.717) is 17.1 Å². The SMILES string of the molecule is Cc1nc(-n2nc(C(C)(C)C)cc2NC(=O)Nc2cccs2)[nH]c(=O)c1C. The van der Waals surface area contributed by atoms with Crippen LogP contribution in [0.15, 0.2) is 28.4 Å². The molecule has 0 aromatic carbocycles. The molecule has 0 saturated carbocycles. The summed E-state index contributed by atoms with van der Waals surface area (Å²) in [5.74, 6) is 0.672. The van der Waals surface area contributed by atoms with Gasteiger partial charge in [-0.2, -0.15) is 9.78 Å². The first-order valence-electron chi connectivity index (χ1n) is 8.45. The number of nitrogens with one attached hydrogen (secondary N) is 3. The molecule has 3 aromatic rings. The lowest BCUT2D eigenvalue weighted by Gasteiger charge is -2.14. The second-order valence-electron chi connectivity index (χ2n) is 7.23. The van der Waals surface area contributed by atoms with Crippen LogP contribution in [0.4, 0.5) is 15.6 Å². The zero-order valence-corrected chi connectivity index (χ0v) is 16.7. The van der Waals surface area contributed by atoms with Crippen molar-refractivity contribution in [3.05, 3.63) is 50.9 Å². The van der Waals surface area contributed by atoms with E-state index >= 15 is 0 Å². The zero-order valence-electron chi connectivity index (χ0n) is 15.9. The molecule has 8 nitrogen and oxygen atoms in total. The van der Waals surface area contributed by atoms with Gasteiger partial charge in [-0.15, -0.1) is 11.3 Å². The molecule has 0 aliphatic carbocycles. The van der Waals surface area contributed by atoms with E-state index in [2.05, 4.69) is 25.7 Å². The molecule has 3 aromatic heterocycles. The Labute approximate surface area is 160 Å². The highest BCUT2D eigenvalue weighted by molar-refractivity contribution is 7.14. The predicted octanol–water partition coefficient (Wildman–Crippen LogP) is 3.58. The highest BCUT2D eigenvalue weighted by atomic mass is 32.1. The number of nitrogens with zero attached hydrogens (tertiary/aromatic N) is 3. The highest BCUT2D eigenvalue weighted by Gasteiger charge is 2.22. The van der Waals surface area contributed by atoms with Gasteiger partial charge in [0.15, 0.2) is 0 Å². The van der Waals surface area contributed by atoms with Gasteiger partial charge in [0.2, 0.25) is 5.95 Å². The Hall–Kier alpha value is -2.94. The third-order valence-corrected chi connectivity index (χ3v) is 4.85. The van der Waals surface area contributed by atoms with Crippen molar-refractivity contribution < 1.29 is 4.79 Å². The van der Waals surface area contributed by atoms with Crippen LogP contribution in [0, 0.1) is 13.8 Å². The smallest absolute Gasteiger partial charge is 0.299 e. The summed E-state index contributed by atoms with van der Waals surface area (Å²) in [6, 6.07) is 5.05. The van der Waals surface area contributed by atoms with Crippen molar-refractivity contribution in [2.24, 2.45) is 0 Å². The van der Waals surface area contributed by atoms with Gasteiger partial charge in [0.05, 0.1) is 10.7 Å². The van der Waals surface area contributed by atoms with Crippen molar-refractivity contribution >= 4 is 28.2 Å². The number of thiophene rings is 1. The summed E-state index contributed by atoms with van der Waals surface area (Å²) in [4.78, 5) is 31.6. The molecule has 3 rings (SSSR count). The topological polar surface area (TPSA) is 105 Å². The van der Waals surface area contributed by atoms with Crippen LogP contribution in [0.2, 0.25) is 0 Å². The van der Waals surface area contributed by atoms with Crippen LogP contribution in [-0.4, -0.2) is 25.8 Å². The summed E-state index contributed by atoms with van der Waals surface area (Å²) in [5, 5.41) is 12.7. The molecule has 0 aliphatic heterocycles. The maximum Gasteiger partial charge on any atom is 0.325 e. The number of hydrogen-bond acceptors (Lipinski definition) is 5. The zero-order chi connectivity index (χ0) is 19.8. The van der Waals surface area contributed by atoms with E-state index in [4.69, 9.17) is 0 Å². The Kier molecular flexibility index (Phi) is 4.88. The van der Waals surface area contributed by atoms with Gasteiger partial charge in [-0.3, -0.25) is 20.4 Å². The van der Waals surface area contributed by atoms with Gasteiger partial charge in [-0.25, -0.2) is 9.78 Å². The Bertz CT molecular complexity index is 1030. The first-order chi connectivity index (χ1) is 12.6. The molecular weight excluding hydrogens is 364 g/mol. The molecule has 0 radical (unpaired) electrons. The van der Waals surface area contributed by atoms with Crippen LogP contribution >= 0.6 is 11.3 Å². The van der Waals surface area contributed by atoms with Gasteiger partial charge in [-0.05, 0) is 31.4 Å². The third-order valence-electron chi connectivity index (χ3n) is 4.06. The Morgan fingerprint density at radius 3 is 2.59 bits per heavy atom. The van der Waals surface area contributed by atoms with E-state index in [1.807, 2.05) is 38.3 Å². The Morgan fingerprint density at radius 1 is 1.26 bits per heavy atom. The van der Waals surface area contributed by atoms with Gasteiger partial charge in [0, 0.05) is 22.7 Å². The second kappa shape index (κ2) is 6.99. The number of carbonyl (C=O) groups is 1. The highest BCUT2D eigenvalue weighted by Crippen LogP contribution is 2.25. The lowest BCUT2D eigenvalue weighted by Crippen LogP contribution is -2.23. The summed E-state index contributed by atoms with van der Waals surface area (Å²) >= 11 is 1.42. The van der Waals surface area contributed by atoms with Gasteiger partial charge in [-0.1, -0.05) is 20.8 Å². The van der Waals surface area contributed by atoms with Crippen LogP contribution in [0.1, 0.15) is 37.7 Å². The molecule has 0 saturated heterocycles. The maximum absolute atomic E-state index is 12.4. The molecule has 9 heteroatoms.